The molecule has 0 aromatic heterocycles. The number of carbonyl (C=O) groups excluding carboxylic acids is 2. The Labute approximate surface area is 117 Å². The largest absolute Gasteiger partial charge is 0.478 e. The first-order valence-corrected chi connectivity index (χ1v) is 5.99. The number of nitrogens with one attached hydrogen (secondary N) is 2. The van der Waals surface area contributed by atoms with Crippen molar-refractivity contribution in [3.63, 3.8) is 0 Å². The predicted octanol–water partition coefficient (Wildman–Crippen LogP) is 1.14. The number of urea groups is 1. The summed E-state index contributed by atoms with van der Waals surface area (Å²) in [6, 6.07) is 2.61. The molecule has 5 N–H and O–H groups in total. The predicted molar refractivity (Wildman–Crippen MR) is 71.9 cm³/mol. The third-order valence-electron chi connectivity index (χ3n) is 2.16. The van der Waals surface area contributed by atoms with Crippen molar-refractivity contribution in [2.24, 2.45) is 5.73 Å². The van der Waals surface area contributed by atoms with Crippen LogP contribution in [0.3, 0.4) is 0 Å². The number of carboxylic acids is 1. The van der Waals surface area contributed by atoms with Gasteiger partial charge in [-0.05, 0) is 25.1 Å². The number of anilines is 1. The molecule has 7 nitrogen and oxygen atoms in total. The van der Waals surface area contributed by atoms with E-state index >= 15 is 0 Å². The van der Waals surface area contributed by atoms with Crippen molar-refractivity contribution in [1.82, 2.24) is 5.32 Å². The maximum absolute atomic E-state index is 11.7. The van der Waals surface area contributed by atoms with E-state index in [1.54, 1.807) is 6.07 Å². The third-order valence-corrected chi connectivity index (χ3v) is 2.62. The number of amides is 3. The van der Waals surface area contributed by atoms with Crippen LogP contribution in [0.2, 0.25) is 0 Å². The lowest BCUT2D eigenvalue weighted by Crippen LogP contribution is -2.44. The number of primary amides is 1. The van der Waals surface area contributed by atoms with Crippen LogP contribution in [0.5, 0.6) is 0 Å². The van der Waals surface area contributed by atoms with E-state index in [-0.39, 0.29) is 5.56 Å². The Morgan fingerprint density at radius 3 is 2.47 bits per heavy atom. The van der Waals surface area contributed by atoms with Crippen molar-refractivity contribution < 1.29 is 19.5 Å². The number of benzene rings is 1. The van der Waals surface area contributed by atoms with Gasteiger partial charge in [0.15, 0.2) is 0 Å². The molecule has 1 aromatic carbocycles. The van der Waals surface area contributed by atoms with E-state index in [9.17, 15) is 14.4 Å². The maximum Gasteiger partial charge on any atom is 0.335 e. The minimum absolute atomic E-state index is 0.0280. The highest BCUT2D eigenvalue weighted by Gasteiger charge is 2.15. The number of hydrogen-bond acceptors (Lipinski definition) is 3. The van der Waals surface area contributed by atoms with E-state index in [1.807, 2.05) is 0 Å². The van der Waals surface area contributed by atoms with E-state index in [4.69, 9.17) is 10.8 Å². The standard InChI is InChI=1S/C11H12BrN3O4/c1-5(14-11(13)19)9(16)15-8-3-6(10(17)18)2-7(12)4-8/h2-5H,1H3,(H,15,16)(H,17,18)(H3,13,14,19). The molecular formula is C11H12BrN3O4. The lowest BCUT2D eigenvalue weighted by Gasteiger charge is -2.13. The van der Waals surface area contributed by atoms with Gasteiger partial charge in [-0.3, -0.25) is 4.79 Å². The molecule has 0 aliphatic carbocycles. The molecule has 0 heterocycles. The zero-order valence-electron chi connectivity index (χ0n) is 9.94. The molecule has 3 amide bonds. The summed E-state index contributed by atoms with van der Waals surface area (Å²) in [5.74, 6) is -1.62. The van der Waals surface area contributed by atoms with Crippen LogP contribution in [0.25, 0.3) is 0 Å². The monoisotopic (exact) mass is 329 g/mol. The molecule has 1 rings (SSSR count). The fourth-order valence-electron chi connectivity index (χ4n) is 1.31. The van der Waals surface area contributed by atoms with Gasteiger partial charge in [-0.15, -0.1) is 0 Å². The topological polar surface area (TPSA) is 122 Å². The van der Waals surface area contributed by atoms with Crippen molar-refractivity contribution in [3.05, 3.63) is 28.2 Å². The molecule has 102 valence electrons. The minimum atomic E-state index is -1.11. The van der Waals surface area contributed by atoms with Crippen LogP contribution in [-0.4, -0.2) is 29.1 Å². The number of nitrogens with two attached hydrogens (primary N) is 1. The Kier molecular flexibility index (Phi) is 4.87. The van der Waals surface area contributed by atoms with Crippen molar-refractivity contribution in [2.45, 2.75) is 13.0 Å². The second-order valence-electron chi connectivity index (χ2n) is 3.75. The number of rotatable bonds is 4. The van der Waals surface area contributed by atoms with Crippen LogP contribution >= 0.6 is 15.9 Å². The van der Waals surface area contributed by atoms with Gasteiger partial charge in [-0.2, -0.15) is 0 Å². The number of halogens is 1. The van der Waals surface area contributed by atoms with Crippen molar-refractivity contribution in [2.75, 3.05) is 5.32 Å². The smallest absolute Gasteiger partial charge is 0.335 e. The summed E-state index contributed by atoms with van der Waals surface area (Å²) in [5.41, 5.74) is 5.23. The second-order valence-corrected chi connectivity index (χ2v) is 4.67. The fourth-order valence-corrected chi connectivity index (χ4v) is 1.81. The van der Waals surface area contributed by atoms with E-state index in [0.717, 1.165) is 0 Å². The Hall–Kier alpha value is -2.09. The van der Waals surface area contributed by atoms with E-state index in [1.165, 1.54) is 19.1 Å². The van der Waals surface area contributed by atoms with Gasteiger partial charge in [0, 0.05) is 10.2 Å². The average molecular weight is 330 g/mol. The Morgan fingerprint density at radius 1 is 1.32 bits per heavy atom. The van der Waals surface area contributed by atoms with Crippen LogP contribution in [-0.2, 0) is 4.79 Å². The van der Waals surface area contributed by atoms with Gasteiger partial charge in [0.1, 0.15) is 6.04 Å². The van der Waals surface area contributed by atoms with Crippen molar-refractivity contribution in [3.8, 4) is 0 Å². The highest BCUT2D eigenvalue weighted by Crippen LogP contribution is 2.19. The molecule has 1 unspecified atom stereocenters. The number of carboxylic acid groups (broad SMARTS) is 1. The molecule has 19 heavy (non-hydrogen) atoms. The summed E-state index contributed by atoms with van der Waals surface area (Å²) in [7, 11) is 0. The molecule has 0 saturated heterocycles. The molecule has 0 saturated carbocycles. The Balaban J connectivity index is 2.84. The van der Waals surface area contributed by atoms with Crippen LogP contribution in [0.15, 0.2) is 22.7 Å². The molecule has 0 aliphatic rings. The maximum atomic E-state index is 11.7. The average Bonchev–Trinajstić information content (AvgIpc) is 2.26. The van der Waals surface area contributed by atoms with Crippen LogP contribution in [0, 0.1) is 0 Å². The quantitative estimate of drug-likeness (QED) is 0.661. The van der Waals surface area contributed by atoms with Gasteiger partial charge in [0.05, 0.1) is 5.56 Å². The van der Waals surface area contributed by atoms with Gasteiger partial charge in [0.2, 0.25) is 5.91 Å². The van der Waals surface area contributed by atoms with Gasteiger partial charge >= 0.3 is 12.0 Å². The van der Waals surface area contributed by atoms with E-state index < -0.39 is 23.9 Å². The summed E-state index contributed by atoms with van der Waals surface area (Å²) >= 11 is 3.14. The normalized spacial score (nSPS) is 11.5. The molecule has 0 aliphatic heterocycles. The summed E-state index contributed by atoms with van der Waals surface area (Å²) in [6.07, 6.45) is 0. The first-order valence-electron chi connectivity index (χ1n) is 5.20. The molecular weight excluding hydrogens is 318 g/mol. The zero-order valence-corrected chi connectivity index (χ0v) is 11.5. The summed E-state index contributed by atoms with van der Waals surface area (Å²) < 4.78 is 0.512. The van der Waals surface area contributed by atoms with Crippen LogP contribution < -0.4 is 16.4 Å². The SMILES string of the molecule is CC(NC(N)=O)C(=O)Nc1cc(Br)cc(C(=O)O)c1. The molecule has 0 bridgehead atoms. The lowest BCUT2D eigenvalue weighted by molar-refractivity contribution is -0.117. The van der Waals surface area contributed by atoms with Crippen molar-refractivity contribution >= 4 is 39.5 Å². The summed E-state index contributed by atoms with van der Waals surface area (Å²) in [4.78, 5) is 33.2. The van der Waals surface area contributed by atoms with Gasteiger partial charge in [-0.25, -0.2) is 9.59 Å². The highest BCUT2D eigenvalue weighted by molar-refractivity contribution is 9.10. The van der Waals surface area contributed by atoms with Gasteiger partial charge in [0.25, 0.3) is 0 Å². The van der Waals surface area contributed by atoms with Gasteiger partial charge in [-0.1, -0.05) is 15.9 Å². The zero-order chi connectivity index (χ0) is 14.6. The second kappa shape index (κ2) is 6.19. The molecule has 8 heteroatoms. The number of carbonyl (C=O) groups is 3. The molecule has 0 spiro atoms. The highest BCUT2D eigenvalue weighted by atomic mass is 79.9. The summed E-state index contributed by atoms with van der Waals surface area (Å²) in [5, 5.41) is 13.6. The molecule has 1 atom stereocenters. The van der Waals surface area contributed by atoms with Gasteiger partial charge < -0.3 is 21.5 Å². The molecule has 0 radical (unpaired) electrons. The Bertz CT molecular complexity index is 533. The summed E-state index contributed by atoms with van der Waals surface area (Å²) in [6.45, 7) is 1.45. The van der Waals surface area contributed by atoms with E-state index in [0.29, 0.717) is 10.2 Å². The van der Waals surface area contributed by atoms with E-state index in [2.05, 4.69) is 26.6 Å². The fraction of sp³-hybridized carbons (Fsp3) is 0.182. The third kappa shape index (κ3) is 4.59. The van der Waals surface area contributed by atoms with Crippen molar-refractivity contribution in [1.29, 1.82) is 0 Å². The van der Waals surface area contributed by atoms with Crippen LogP contribution in [0.4, 0.5) is 10.5 Å². The molecule has 1 aromatic rings. The molecule has 0 fully saturated rings. The first-order chi connectivity index (χ1) is 8.79. The lowest BCUT2D eigenvalue weighted by atomic mass is 10.2. The van der Waals surface area contributed by atoms with Crippen LogP contribution in [0.1, 0.15) is 17.3 Å². The first kappa shape index (κ1) is 15.0. The number of hydrogen-bond donors (Lipinski definition) is 4. The number of aromatic carboxylic acids is 1. The Morgan fingerprint density at radius 2 is 1.95 bits per heavy atom. The minimum Gasteiger partial charge on any atom is -0.478 e.